The molecule has 75 valence electrons. The molecule has 1 rings (SSSR count). The van der Waals surface area contributed by atoms with Gasteiger partial charge in [0.1, 0.15) is 0 Å². The summed E-state index contributed by atoms with van der Waals surface area (Å²) in [5, 5.41) is 9.58. The van der Waals surface area contributed by atoms with Crippen molar-refractivity contribution in [3.8, 4) is 11.5 Å². The van der Waals surface area contributed by atoms with Gasteiger partial charge in [0.2, 0.25) is 0 Å². The quantitative estimate of drug-likeness (QED) is 0.741. The number of allylic oxidation sites excluding steroid dienone is 1. The molecule has 1 N–H and O–H groups in total. The molecule has 2 nitrogen and oxygen atoms in total. The lowest BCUT2D eigenvalue weighted by Crippen LogP contribution is -1.99. The zero-order valence-electron chi connectivity index (χ0n) is 8.36. The Morgan fingerprint density at radius 1 is 1.57 bits per heavy atom. The molecule has 14 heavy (non-hydrogen) atoms. The second-order valence-electron chi connectivity index (χ2n) is 2.97. The van der Waals surface area contributed by atoms with E-state index in [2.05, 4.69) is 13.5 Å². The average Bonchev–Trinajstić information content (AvgIpc) is 2.20. The highest BCUT2D eigenvalue weighted by atomic mass is 16.5. The molecule has 1 atom stereocenters. The summed E-state index contributed by atoms with van der Waals surface area (Å²) in [6.45, 7) is 9.97. The zero-order valence-corrected chi connectivity index (χ0v) is 8.36. The molecule has 0 saturated carbocycles. The van der Waals surface area contributed by atoms with Crippen molar-refractivity contribution in [1.82, 2.24) is 0 Å². The SMILES string of the molecule is [CH2]C(C=C)c1cccc(O)c1OCC. The minimum atomic E-state index is -0.0661. The minimum Gasteiger partial charge on any atom is -0.504 e. The Labute approximate surface area is 84.8 Å². The van der Waals surface area contributed by atoms with Gasteiger partial charge in [-0.25, -0.2) is 0 Å². The lowest BCUT2D eigenvalue weighted by atomic mass is 10.00. The van der Waals surface area contributed by atoms with E-state index in [0.717, 1.165) is 5.56 Å². The highest BCUT2D eigenvalue weighted by Crippen LogP contribution is 2.34. The molecule has 1 unspecified atom stereocenters. The number of aromatic hydroxyl groups is 1. The number of para-hydroxylation sites is 1. The van der Waals surface area contributed by atoms with Crippen molar-refractivity contribution in [2.45, 2.75) is 12.8 Å². The van der Waals surface area contributed by atoms with E-state index in [1.54, 1.807) is 18.2 Å². The molecule has 0 heterocycles. The number of hydrogen-bond acceptors (Lipinski definition) is 2. The third-order valence-electron chi connectivity index (χ3n) is 2.00. The molecule has 0 aliphatic rings. The van der Waals surface area contributed by atoms with Crippen LogP contribution in [0.2, 0.25) is 0 Å². The van der Waals surface area contributed by atoms with Gasteiger partial charge in [0, 0.05) is 11.5 Å². The van der Waals surface area contributed by atoms with Crippen molar-refractivity contribution in [3.63, 3.8) is 0 Å². The van der Waals surface area contributed by atoms with Gasteiger partial charge in [0.25, 0.3) is 0 Å². The third-order valence-corrected chi connectivity index (χ3v) is 2.00. The van der Waals surface area contributed by atoms with Crippen LogP contribution in [-0.4, -0.2) is 11.7 Å². The molecule has 1 aromatic rings. The Hall–Kier alpha value is -1.44. The van der Waals surface area contributed by atoms with Crippen molar-refractivity contribution in [3.05, 3.63) is 43.3 Å². The van der Waals surface area contributed by atoms with Crippen molar-refractivity contribution in [2.75, 3.05) is 6.61 Å². The molecule has 0 amide bonds. The van der Waals surface area contributed by atoms with E-state index in [4.69, 9.17) is 4.74 Å². The highest BCUT2D eigenvalue weighted by molar-refractivity contribution is 5.48. The largest absolute Gasteiger partial charge is 0.504 e. The summed E-state index contributed by atoms with van der Waals surface area (Å²) in [5.74, 6) is 0.596. The summed E-state index contributed by atoms with van der Waals surface area (Å²) in [6, 6.07) is 5.25. The van der Waals surface area contributed by atoms with Crippen LogP contribution in [0.5, 0.6) is 11.5 Å². The molecule has 0 aliphatic carbocycles. The van der Waals surface area contributed by atoms with Crippen LogP contribution in [-0.2, 0) is 0 Å². The summed E-state index contributed by atoms with van der Waals surface area (Å²) in [7, 11) is 0. The zero-order chi connectivity index (χ0) is 10.6. The van der Waals surface area contributed by atoms with Crippen molar-refractivity contribution in [1.29, 1.82) is 0 Å². The first-order valence-electron chi connectivity index (χ1n) is 4.61. The van der Waals surface area contributed by atoms with E-state index in [0.29, 0.717) is 12.4 Å². The topological polar surface area (TPSA) is 29.5 Å². The van der Waals surface area contributed by atoms with Crippen LogP contribution in [0.1, 0.15) is 18.4 Å². The molecule has 0 fully saturated rings. The van der Waals surface area contributed by atoms with E-state index < -0.39 is 0 Å². The van der Waals surface area contributed by atoms with Crippen LogP contribution in [0.15, 0.2) is 30.9 Å². The third kappa shape index (κ3) is 2.08. The maximum absolute atomic E-state index is 9.58. The fourth-order valence-corrected chi connectivity index (χ4v) is 1.26. The minimum absolute atomic E-state index is 0.0661. The van der Waals surface area contributed by atoms with Gasteiger partial charge < -0.3 is 9.84 Å². The van der Waals surface area contributed by atoms with Gasteiger partial charge in [-0.3, -0.25) is 0 Å². The number of benzene rings is 1. The molecule has 1 radical (unpaired) electrons. The molecular weight excluding hydrogens is 176 g/mol. The molecular formula is C12H15O2. The lowest BCUT2D eigenvalue weighted by molar-refractivity contribution is 0.314. The van der Waals surface area contributed by atoms with Gasteiger partial charge in [0.15, 0.2) is 11.5 Å². The summed E-state index contributed by atoms with van der Waals surface area (Å²) >= 11 is 0. The summed E-state index contributed by atoms with van der Waals surface area (Å²) in [5.41, 5.74) is 0.863. The number of phenolic OH excluding ortho intramolecular Hbond substituents is 1. The van der Waals surface area contributed by atoms with E-state index in [-0.39, 0.29) is 11.7 Å². The van der Waals surface area contributed by atoms with Gasteiger partial charge in [-0.15, -0.1) is 6.58 Å². The summed E-state index contributed by atoms with van der Waals surface area (Å²) in [4.78, 5) is 0. The first-order chi connectivity index (χ1) is 6.70. The van der Waals surface area contributed by atoms with Gasteiger partial charge in [-0.05, 0) is 19.9 Å². The fourth-order valence-electron chi connectivity index (χ4n) is 1.26. The smallest absolute Gasteiger partial charge is 0.164 e. The van der Waals surface area contributed by atoms with E-state index >= 15 is 0 Å². The van der Waals surface area contributed by atoms with Gasteiger partial charge in [-0.1, -0.05) is 18.2 Å². The van der Waals surface area contributed by atoms with Gasteiger partial charge in [0.05, 0.1) is 6.61 Å². The average molecular weight is 191 g/mol. The number of phenols is 1. The Morgan fingerprint density at radius 2 is 2.29 bits per heavy atom. The molecule has 1 aromatic carbocycles. The van der Waals surface area contributed by atoms with Crippen LogP contribution in [0, 0.1) is 6.92 Å². The molecule has 0 saturated heterocycles. The van der Waals surface area contributed by atoms with Crippen LogP contribution in [0.25, 0.3) is 0 Å². The van der Waals surface area contributed by atoms with Crippen molar-refractivity contribution < 1.29 is 9.84 Å². The van der Waals surface area contributed by atoms with E-state index in [1.165, 1.54) is 0 Å². The number of hydrogen-bond donors (Lipinski definition) is 1. The maximum atomic E-state index is 9.58. The molecule has 0 aromatic heterocycles. The predicted molar refractivity (Wildman–Crippen MR) is 57.6 cm³/mol. The highest BCUT2D eigenvalue weighted by Gasteiger charge is 2.12. The lowest BCUT2D eigenvalue weighted by Gasteiger charge is -2.14. The normalized spacial score (nSPS) is 12.1. The second-order valence-corrected chi connectivity index (χ2v) is 2.97. The number of rotatable bonds is 4. The summed E-state index contributed by atoms with van der Waals surface area (Å²) < 4.78 is 5.35. The van der Waals surface area contributed by atoms with Gasteiger partial charge in [-0.2, -0.15) is 0 Å². The van der Waals surface area contributed by atoms with E-state index in [9.17, 15) is 5.11 Å². The fraction of sp³-hybridized carbons (Fsp3) is 0.250. The Kier molecular flexibility index (Phi) is 3.57. The summed E-state index contributed by atoms with van der Waals surface area (Å²) in [6.07, 6.45) is 1.72. The predicted octanol–water partition coefficient (Wildman–Crippen LogP) is 2.89. The van der Waals surface area contributed by atoms with Crippen LogP contribution < -0.4 is 4.74 Å². The van der Waals surface area contributed by atoms with Crippen molar-refractivity contribution in [2.24, 2.45) is 0 Å². The monoisotopic (exact) mass is 191 g/mol. The Morgan fingerprint density at radius 3 is 2.86 bits per heavy atom. The van der Waals surface area contributed by atoms with Crippen LogP contribution >= 0.6 is 0 Å². The molecule has 2 heteroatoms. The second kappa shape index (κ2) is 4.70. The van der Waals surface area contributed by atoms with E-state index in [1.807, 2.05) is 13.0 Å². The van der Waals surface area contributed by atoms with Crippen LogP contribution in [0.3, 0.4) is 0 Å². The first-order valence-corrected chi connectivity index (χ1v) is 4.61. The maximum Gasteiger partial charge on any atom is 0.164 e. The molecule has 0 aliphatic heterocycles. The molecule has 0 spiro atoms. The Bertz CT molecular complexity index is 318. The van der Waals surface area contributed by atoms with Gasteiger partial charge >= 0.3 is 0 Å². The first kappa shape index (κ1) is 10.6. The van der Waals surface area contributed by atoms with Crippen molar-refractivity contribution >= 4 is 0 Å². The number of ether oxygens (including phenoxy) is 1. The Balaban J connectivity index is 3.13. The van der Waals surface area contributed by atoms with Crippen LogP contribution in [0.4, 0.5) is 0 Å². The molecule has 0 bridgehead atoms. The standard InChI is InChI=1S/C12H15O2/c1-4-9(3)10-7-6-8-11(13)12(10)14-5-2/h4,6-9,13H,1,3,5H2,2H3.